The van der Waals surface area contributed by atoms with E-state index in [-0.39, 0.29) is 36.2 Å². The quantitative estimate of drug-likeness (QED) is 0.387. The van der Waals surface area contributed by atoms with Crippen LogP contribution in [0.4, 0.5) is 27.8 Å². The summed E-state index contributed by atoms with van der Waals surface area (Å²) >= 11 is 0. The van der Waals surface area contributed by atoms with E-state index >= 15 is 4.39 Å². The zero-order valence-corrected chi connectivity index (χ0v) is 21.4. The first-order chi connectivity index (χ1) is 19.1. The number of anilines is 1. The van der Waals surface area contributed by atoms with Crippen LogP contribution in [0.3, 0.4) is 0 Å². The van der Waals surface area contributed by atoms with Crippen molar-refractivity contribution in [2.45, 2.75) is 38.5 Å². The van der Waals surface area contributed by atoms with Crippen LogP contribution < -0.4 is 10.6 Å². The molecule has 0 saturated carbocycles. The van der Waals surface area contributed by atoms with Crippen LogP contribution >= 0.6 is 0 Å². The zero-order chi connectivity index (χ0) is 28.6. The Morgan fingerprint density at radius 2 is 1.82 bits per heavy atom. The van der Waals surface area contributed by atoms with Crippen molar-refractivity contribution in [1.29, 1.82) is 0 Å². The van der Waals surface area contributed by atoms with Crippen molar-refractivity contribution < 1.29 is 31.5 Å². The highest BCUT2D eigenvalue weighted by Crippen LogP contribution is 2.48. The van der Waals surface area contributed by atoms with E-state index < -0.39 is 35.3 Å². The number of fused-ring (bicyclic) bond motifs is 1. The minimum Gasteiger partial charge on any atom is -0.362 e. The Bertz CT molecular complexity index is 1490. The molecule has 2 N–H and O–H groups in total. The van der Waals surface area contributed by atoms with Gasteiger partial charge in [0.25, 0.3) is 0 Å². The lowest BCUT2D eigenvalue weighted by Crippen LogP contribution is -2.48. The van der Waals surface area contributed by atoms with Crippen LogP contribution in [0.25, 0.3) is 11.3 Å². The molecule has 40 heavy (non-hydrogen) atoms. The second-order valence-corrected chi connectivity index (χ2v) is 9.66. The van der Waals surface area contributed by atoms with E-state index in [1.165, 1.54) is 18.3 Å². The Morgan fingerprint density at radius 1 is 1.07 bits per heavy atom. The summed E-state index contributed by atoms with van der Waals surface area (Å²) in [5, 5.41) is 5.56. The Morgan fingerprint density at radius 3 is 2.50 bits per heavy atom. The van der Waals surface area contributed by atoms with Crippen molar-refractivity contribution in [2.75, 3.05) is 11.9 Å². The van der Waals surface area contributed by atoms with Crippen molar-refractivity contribution in [3.63, 3.8) is 0 Å². The van der Waals surface area contributed by atoms with Gasteiger partial charge in [-0.25, -0.2) is 13.8 Å². The number of alkyl halides is 3. The third kappa shape index (κ3) is 5.28. The number of hydrogen-bond donors (Lipinski definition) is 2. The molecule has 5 rings (SSSR count). The Balaban J connectivity index is 1.68. The molecule has 3 heterocycles. The molecule has 2 aromatic carbocycles. The maximum absolute atomic E-state index is 15.1. The number of carbonyl (C=O) groups excluding carboxylic acids is 2. The number of halogens is 5. The number of pyridine rings is 1. The molecule has 2 amide bonds. The van der Waals surface area contributed by atoms with Gasteiger partial charge in [0.15, 0.2) is 0 Å². The number of carbonyl (C=O) groups is 2. The Labute approximate surface area is 226 Å². The summed E-state index contributed by atoms with van der Waals surface area (Å²) in [4.78, 5) is 31.3. The zero-order valence-electron chi connectivity index (χ0n) is 21.4. The molecule has 3 aromatic rings. The molecular formula is C29H25F5N4O2. The van der Waals surface area contributed by atoms with Crippen LogP contribution in [0.5, 0.6) is 0 Å². The Kier molecular flexibility index (Phi) is 7.31. The molecule has 2 aliphatic rings. The van der Waals surface area contributed by atoms with Gasteiger partial charge in [0.1, 0.15) is 17.5 Å². The molecule has 0 aliphatic carbocycles. The van der Waals surface area contributed by atoms with Crippen LogP contribution in [-0.2, 0) is 22.3 Å². The van der Waals surface area contributed by atoms with Crippen LogP contribution in [0.1, 0.15) is 42.0 Å². The Hall–Kier alpha value is -4.28. The average Bonchev–Trinajstić information content (AvgIpc) is 3.25. The van der Waals surface area contributed by atoms with E-state index in [0.29, 0.717) is 41.4 Å². The van der Waals surface area contributed by atoms with E-state index in [0.717, 1.165) is 12.1 Å². The second kappa shape index (κ2) is 10.7. The van der Waals surface area contributed by atoms with Crippen molar-refractivity contribution in [3.8, 4) is 0 Å². The maximum atomic E-state index is 15.1. The van der Waals surface area contributed by atoms with Gasteiger partial charge in [-0.15, -0.1) is 0 Å². The van der Waals surface area contributed by atoms with Crippen molar-refractivity contribution in [2.24, 2.45) is 5.92 Å². The fraction of sp³-hybridized carbons (Fsp3) is 0.276. The highest BCUT2D eigenvalue weighted by molar-refractivity contribution is 6.05. The standard InChI is InChI=1S/C29H25F5N4O2/c1-2-24(39)37-23-13-17(9-11-35-23)27-25(16-4-7-20(30)8-5-16)26-22(10-12-36-28(26)40)38(27)15-18-3-6-19(14-21(18)31)29(32,33)34/h3-9,11,13-14,22,26H,2,10,12,15H2,1H3,(H,36,40)(H,35,37,39). The van der Waals surface area contributed by atoms with Gasteiger partial charge in [-0.05, 0) is 54.0 Å². The first-order valence-electron chi connectivity index (χ1n) is 12.7. The molecule has 0 spiro atoms. The highest BCUT2D eigenvalue weighted by atomic mass is 19.4. The summed E-state index contributed by atoms with van der Waals surface area (Å²) in [6, 6.07) is 10.9. The number of hydrogen-bond acceptors (Lipinski definition) is 4. The lowest BCUT2D eigenvalue weighted by atomic mass is 9.84. The normalized spacial score (nSPS) is 18.9. The molecule has 1 fully saturated rings. The van der Waals surface area contributed by atoms with Crippen molar-refractivity contribution in [1.82, 2.24) is 15.2 Å². The van der Waals surface area contributed by atoms with Crippen LogP contribution in [0.15, 0.2) is 60.8 Å². The van der Waals surface area contributed by atoms with Crippen LogP contribution in [-0.4, -0.2) is 34.3 Å². The van der Waals surface area contributed by atoms with Crippen LogP contribution in [0.2, 0.25) is 0 Å². The largest absolute Gasteiger partial charge is 0.416 e. The molecule has 1 aromatic heterocycles. The van der Waals surface area contributed by atoms with E-state index in [2.05, 4.69) is 15.6 Å². The van der Waals surface area contributed by atoms with Gasteiger partial charge in [-0.3, -0.25) is 9.59 Å². The first-order valence-corrected chi connectivity index (χ1v) is 12.7. The molecule has 6 nitrogen and oxygen atoms in total. The summed E-state index contributed by atoms with van der Waals surface area (Å²) < 4.78 is 68.5. The number of amides is 2. The predicted octanol–water partition coefficient (Wildman–Crippen LogP) is 5.62. The molecule has 0 radical (unpaired) electrons. The number of nitrogens with one attached hydrogen (secondary N) is 2. The number of benzene rings is 2. The van der Waals surface area contributed by atoms with E-state index in [4.69, 9.17) is 0 Å². The minimum atomic E-state index is -4.70. The SMILES string of the molecule is CCC(=O)Nc1cc(C2=C(c3ccc(F)cc3)C3C(=O)NCCC3N2Cc2ccc(C(F)(F)F)cc2F)ccn1. The summed E-state index contributed by atoms with van der Waals surface area (Å²) in [5.74, 6) is -2.47. The number of nitrogens with zero attached hydrogens (tertiary/aromatic N) is 2. The van der Waals surface area contributed by atoms with Gasteiger partial charge in [-0.1, -0.05) is 25.1 Å². The lowest BCUT2D eigenvalue weighted by molar-refractivity contribution is -0.137. The third-order valence-corrected chi connectivity index (χ3v) is 7.16. The molecule has 208 valence electrons. The van der Waals surface area contributed by atoms with Gasteiger partial charge < -0.3 is 15.5 Å². The molecule has 11 heteroatoms. The monoisotopic (exact) mass is 556 g/mol. The van der Waals surface area contributed by atoms with Gasteiger partial charge in [0, 0.05) is 48.6 Å². The molecule has 0 bridgehead atoms. The summed E-state index contributed by atoms with van der Waals surface area (Å²) in [5.41, 5.74) is 1.12. The van der Waals surface area contributed by atoms with Crippen molar-refractivity contribution >= 4 is 28.9 Å². The molecule has 2 aliphatic heterocycles. The lowest BCUT2D eigenvalue weighted by Gasteiger charge is -2.35. The fourth-order valence-electron chi connectivity index (χ4n) is 5.30. The fourth-order valence-corrected chi connectivity index (χ4v) is 5.30. The van der Waals surface area contributed by atoms with Gasteiger partial charge in [0.2, 0.25) is 11.8 Å². The maximum Gasteiger partial charge on any atom is 0.416 e. The highest BCUT2D eigenvalue weighted by Gasteiger charge is 2.47. The first kappa shape index (κ1) is 27.3. The van der Waals surface area contributed by atoms with Crippen molar-refractivity contribution in [3.05, 3.63) is 94.7 Å². The summed E-state index contributed by atoms with van der Waals surface area (Å²) in [6.07, 6.45) is -2.51. The molecule has 2 atom stereocenters. The molecule has 1 saturated heterocycles. The smallest absolute Gasteiger partial charge is 0.362 e. The third-order valence-electron chi connectivity index (χ3n) is 7.16. The second-order valence-electron chi connectivity index (χ2n) is 9.66. The van der Waals surface area contributed by atoms with E-state index in [1.54, 1.807) is 31.2 Å². The summed E-state index contributed by atoms with van der Waals surface area (Å²) in [6.45, 7) is 1.91. The molecular weight excluding hydrogens is 531 g/mol. The topological polar surface area (TPSA) is 74.3 Å². The van der Waals surface area contributed by atoms with Gasteiger partial charge in [0.05, 0.1) is 11.5 Å². The van der Waals surface area contributed by atoms with Gasteiger partial charge >= 0.3 is 6.18 Å². The summed E-state index contributed by atoms with van der Waals surface area (Å²) in [7, 11) is 0. The van der Waals surface area contributed by atoms with E-state index in [9.17, 15) is 27.2 Å². The van der Waals surface area contributed by atoms with E-state index in [1.807, 2.05) is 4.90 Å². The molecule has 2 unspecified atom stereocenters. The number of rotatable bonds is 6. The minimum absolute atomic E-state index is 0.0177. The average molecular weight is 557 g/mol. The predicted molar refractivity (Wildman–Crippen MR) is 138 cm³/mol. The van der Waals surface area contributed by atoms with Gasteiger partial charge in [-0.2, -0.15) is 13.2 Å². The number of aromatic nitrogens is 1. The van der Waals surface area contributed by atoms with Crippen LogP contribution in [0, 0.1) is 17.6 Å². The number of piperidine rings is 1.